The van der Waals surface area contributed by atoms with E-state index in [9.17, 15) is 4.79 Å². The third-order valence-corrected chi connectivity index (χ3v) is 2.42. The lowest BCUT2D eigenvalue weighted by Gasteiger charge is -2.19. The van der Waals surface area contributed by atoms with E-state index in [0.717, 1.165) is 12.8 Å². The highest BCUT2D eigenvalue weighted by Crippen LogP contribution is 2.29. The van der Waals surface area contributed by atoms with Crippen LogP contribution in [0.2, 0.25) is 0 Å². The molecule has 5 nitrogen and oxygen atoms in total. The first-order valence-electron chi connectivity index (χ1n) is 4.54. The van der Waals surface area contributed by atoms with E-state index in [4.69, 9.17) is 14.4 Å². The molecule has 1 aromatic rings. The Morgan fingerprint density at radius 1 is 1.50 bits per heavy atom. The first-order valence-corrected chi connectivity index (χ1v) is 4.54. The molecule has 2 heterocycles. The Labute approximate surface area is 80.6 Å². The molecule has 0 unspecified atom stereocenters. The van der Waals surface area contributed by atoms with Gasteiger partial charge in [0, 0.05) is 19.1 Å². The number of rotatable bonds is 2. The average molecular weight is 197 g/mol. The van der Waals surface area contributed by atoms with Gasteiger partial charge in [0.1, 0.15) is 5.56 Å². The summed E-state index contributed by atoms with van der Waals surface area (Å²) in [5, 5.41) is 12.4. The van der Waals surface area contributed by atoms with E-state index in [-0.39, 0.29) is 11.5 Å². The molecule has 5 heteroatoms. The minimum atomic E-state index is -0.979. The lowest BCUT2D eigenvalue weighted by atomic mass is 9.95. The molecule has 0 aliphatic carbocycles. The lowest BCUT2D eigenvalue weighted by Crippen LogP contribution is -2.15. The van der Waals surface area contributed by atoms with Crippen LogP contribution in [0.1, 0.15) is 34.9 Å². The molecule has 1 N–H and O–H groups in total. The highest BCUT2D eigenvalue weighted by atomic mass is 16.5. The molecule has 1 fully saturated rings. The number of carboxylic acid groups (broad SMARTS) is 1. The predicted octanol–water partition coefficient (Wildman–Crippen LogP) is 1.27. The number of aromatic nitrogens is 1. The summed E-state index contributed by atoms with van der Waals surface area (Å²) in [5.74, 6) is -0.356. The third kappa shape index (κ3) is 1.63. The van der Waals surface area contributed by atoms with Gasteiger partial charge >= 0.3 is 5.97 Å². The molecule has 1 saturated heterocycles. The molecule has 0 radical (unpaired) electrons. The van der Waals surface area contributed by atoms with Crippen molar-refractivity contribution in [1.82, 2.24) is 5.16 Å². The molecule has 1 aliphatic rings. The van der Waals surface area contributed by atoms with E-state index in [1.54, 1.807) is 0 Å². The van der Waals surface area contributed by atoms with Gasteiger partial charge in [0.2, 0.25) is 0 Å². The maximum Gasteiger partial charge on any atom is 0.340 e. The van der Waals surface area contributed by atoms with Crippen molar-refractivity contribution in [3.8, 4) is 0 Å². The molecule has 2 rings (SSSR count). The number of hydrogen-bond donors (Lipinski definition) is 1. The van der Waals surface area contributed by atoms with E-state index in [1.807, 2.05) is 0 Å². The topological polar surface area (TPSA) is 72.6 Å². The minimum Gasteiger partial charge on any atom is -0.478 e. The van der Waals surface area contributed by atoms with E-state index in [0.29, 0.717) is 19.0 Å². The second-order valence-corrected chi connectivity index (χ2v) is 3.30. The fourth-order valence-electron chi connectivity index (χ4n) is 1.66. The quantitative estimate of drug-likeness (QED) is 0.772. The summed E-state index contributed by atoms with van der Waals surface area (Å²) in [6, 6.07) is 0. The Morgan fingerprint density at radius 2 is 2.21 bits per heavy atom. The third-order valence-electron chi connectivity index (χ3n) is 2.42. The lowest BCUT2D eigenvalue weighted by molar-refractivity contribution is 0.0673. The molecule has 0 aromatic carbocycles. The van der Waals surface area contributed by atoms with Crippen molar-refractivity contribution in [2.45, 2.75) is 18.8 Å². The van der Waals surface area contributed by atoms with Crippen LogP contribution in [0.5, 0.6) is 0 Å². The maximum absolute atomic E-state index is 10.8. The van der Waals surface area contributed by atoms with Crippen LogP contribution in [0.3, 0.4) is 0 Å². The van der Waals surface area contributed by atoms with Crippen molar-refractivity contribution in [3.63, 3.8) is 0 Å². The SMILES string of the molecule is O=C(O)c1cnoc1C1CCOCC1. The van der Waals surface area contributed by atoms with E-state index >= 15 is 0 Å². The largest absolute Gasteiger partial charge is 0.478 e. The number of nitrogens with zero attached hydrogens (tertiary/aromatic N) is 1. The Morgan fingerprint density at radius 3 is 2.86 bits per heavy atom. The summed E-state index contributed by atoms with van der Waals surface area (Å²) >= 11 is 0. The monoisotopic (exact) mass is 197 g/mol. The van der Waals surface area contributed by atoms with Gasteiger partial charge in [-0.1, -0.05) is 5.16 Å². The summed E-state index contributed by atoms with van der Waals surface area (Å²) in [7, 11) is 0. The summed E-state index contributed by atoms with van der Waals surface area (Å²) in [6.45, 7) is 1.31. The zero-order chi connectivity index (χ0) is 9.97. The average Bonchev–Trinajstić information content (AvgIpc) is 2.67. The number of aromatic carboxylic acids is 1. The van der Waals surface area contributed by atoms with Crippen LogP contribution in [-0.2, 0) is 4.74 Å². The number of carbonyl (C=O) groups is 1. The maximum atomic E-state index is 10.8. The van der Waals surface area contributed by atoms with Crippen LogP contribution in [0, 0.1) is 0 Å². The van der Waals surface area contributed by atoms with Crippen molar-refractivity contribution in [2.24, 2.45) is 0 Å². The first-order chi connectivity index (χ1) is 6.79. The molecule has 14 heavy (non-hydrogen) atoms. The Bertz CT molecular complexity index is 327. The number of carboxylic acids is 1. The molecule has 1 aliphatic heterocycles. The van der Waals surface area contributed by atoms with Crippen molar-refractivity contribution in [3.05, 3.63) is 17.5 Å². The standard InChI is InChI=1S/C9H11NO4/c11-9(12)7-5-10-14-8(7)6-1-3-13-4-2-6/h5-6H,1-4H2,(H,11,12). The molecule has 0 spiro atoms. The van der Waals surface area contributed by atoms with Crippen molar-refractivity contribution in [1.29, 1.82) is 0 Å². The molecule has 1 aromatic heterocycles. The normalized spacial score (nSPS) is 18.3. The van der Waals surface area contributed by atoms with Gasteiger partial charge in [-0.25, -0.2) is 4.79 Å². The van der Waals surface area contributed by atoms with Crippen LogP contribution >= 0.6 is 0 Å². The summed E-state index contributed by atoms with van der Waals surface area (Å²) in [6.07, 6.45) is 2.86. The van der Waals surface area contributed by atoms with Gasteiger partial charge in [-0.05, 0) is 12.8 Å². The minimum absolute atomic E-state index is 0.136. The summed E-state index contributed by atoms with van der Waals surface area (Å²) in [4.78, 5) is 10.8. The van der Waals surface area contributed by atoms with Crippen LogP contribution in [0.15, 0.2) is 10.7 Å². The van der Waals surface area contributed by atoms with Gasteiger partial charge in [0.25, 0.3) is 0 Å². The fourth-order valence-corrected chi connectivity index (χ4v) is 1.66. The summed E-state index contributed by atoms with van der Waals surface area (Å²) < 4.78 is 10.2. The van der Waals surface area contributed by atoms with Crippen LogP contribution < -0.4 is 0 Å². The van der Waals surface area contributed by atoms with Crippen LogP contribution in [0.4, 0.5) is 0 Å². The zero-order valence-electron chi connectivity index (χ0n) is 7.60. The molecular weight excluding hydrogens is 186 g/mol. The molecule has 0 amide bonds. The van der Waals surface area contributed by atoms with Crippen molar-refractivity contribution < 1.29 is 19.2 Å². The van der Waals surface area contributed by atoms with Gasteiger partial charge < -0.3 is 14.4 Å². The van der Waals surface area contributed by atoms with Gasteiger partial charge in [-0.15, -0.1) is 0 Å². The van der Waals surface area contributed by atoms with Gasteiger partial charge in [-0.2, -0.15) is 0 Å². The molecule has 0 bridgehead atoms. The van der Waals surface area contributed by atoms with Gasteiger partial charge in [0.05, 0.1) is 6.20 Å². The van der Waals surface area contributed by atoms with Crippen LogP contribution in [0.25, 0.3) is 0 Å². The van der Waals surface area contributed by atoms with Crippen LogP contribution in [-0.4, -0.2) is 29.4 Å². The Kier molecular flexibility index (Phi) is 2.49. The molecular formula is C9H11NO4. The second kappa shape index (κ2) is 3.79. The van der Waals surface area contributed by atoms with Crippen molar-refractivity contribution >= 4 is 5.97 Å². The van der Waals surface area contributed by atoms with Gasteiger partial charge in [0.15, 0.2) is 5.76 Å². The van der Waals surface area contributed by atoms with E-state index in [2.05, 4.69) is 5.16 Å². The van der Waals surface area contributed by atoms with Gasteiger partial charge in [-0.3, -0.25) is 0 Å². The Hall–Kier alpha value is -1.36. The molecule has 76 valence electrons. The highest BCUT2D eigenvalue weighted by molar-refractivity contribution is 5.88. The fraction of sp³-hybridized carbons (Fsp3) is 0.556. The van der Waals surface area contributed by atoms with Crippen molar-refractivity contribution in [2.75, 3.05) is 13.2 Å². The number of ether oxygens (including phenoxy) is 1. The molecule has 0 saturated carbocycles. The van der Waals surface area contributed by atoms with E-state index in [1.165, 1.54) is 6.20 Å². The van der Waals surface area contributed by atoms with E-state index < -0.39 is 5.97 Å². The zero-order valence-corrected chi connectivity index (χ0v) is 7.60. The smallest absolute Gasteiger partial charge is 0.340 e. The number of hydrogen-bond acceptors (Lipinski definition) is 4. The predicted molar refractivity (Wildman–Crippen MR) is 46.3 cm³/mol. The highest BCUT2D eigenvalue weighted by Gasteiger charge is 2.25. The molecule has 0 atom stereocenters. The Balaban J connectivity index is 2.21. The summed E-state index contributed by atoms with van der Waals surface area (Å²) in [5.41, 5.74) is 0.178. The second-order valence-electron chi connectivity index (χ2n) is 3.30. The first kappa shape index (κ1) is 9.21.